The second-order valence-electron chi connectivity index (χ2n) is 2.84. The lowest BCUT2D eigenvalue weighted by molar-refractivity contribution is -0.136. The third-order valence-corrected chi connectivity index (χ3v) is 2.83. The van der Waals surface area contributed by atoms with Gasteiger partial charge in [-0.05, 0) is 24.3 Å². The lowest BCUT2D eigenvalue weighted by Crippen LogP contribution is -2.02. The first-order valence-electron chi connectivity index (χ1n) is 3.99. The minimum absolute atomic E-state index is 0.109. The average molecular weight is 196 g/mol. The van der Waals surface area contributed by atoms with Crippen molar-refractivity contribution in [3.05, 3.63) is 29.3 Å². The maximum absolute atomic E-state index is 10.5. The second-order valence-corrected chi connectivity index (χ2v) is 3.65. The zero-order valence-electron chi connectivity index (χ0n) is 7.70. The van der Waals surface area contributed by atoms with Gasteiger partial charge in [-0.15, -0.1) is 11.8 Å². The van der Waals surface area contributed by atoms with Crippen LogP contribution in [0.15, 0.2) is 23.1 Å². The molecule has 13 heavy (non-hydrogen) atoms. The highest BCUT2D eigenvalue weighted by Crippen LogP contribution is 2.24. The summed E-state index contributed by atoms with van der Waals surface area (Å²) in [5.41, 5.74) is 2.05. The van der Waals surface area contributed by atoms with Crippen LogP contribution in [0, 0.1) is 6.92 Å². The zero-order valence-corrected chi connectivity index (χ0v) is 8.52. The van der Waals surface area contributed by atoms with Gasteiger partial charge in [-0.2, -0.15) is 0 Å². The summed E-state index contributed by atoms with van der Waals surface area (Å²) in [6.45, 7) is 2.00. The van der Waals surface area contributed by atoms with Crippen molar-refractivity contribution in [2.24, 2.45) is 0 Å². The van der Waals surface area contributed by atoms with E-state index in [-0.39, 0.29) is 6.42 Å². The molecule has 3 heteroatoms. The number of benzene rings is 1. The molecule has 0 saturated carbocycles. The molecule has 0 amide bonds. The number of thioether (sulfide) groups is 1. The molecule has 0 unspecified atom stereocenters. The second kappa shape index (κ2) is 4.33. The molecule has 1 rings (SSSR count). The minimum atomic E-state index is -0.777. The third-order valence-electron chi connectivity index (χ3n) is 1.84. The van der Waals surface area contributed by atoms with E-state index in [9.17, 15) is 4.79 Å². The standard InChI is InChI=1S/C10H12O2S/c1-7-4-3-5-8(6-9(11)12)10(7)13-2/h3-5H,6H2,1-2H3,(H,11,12). The van der Waals surface area contributed by atoms with Gasteiger partial charge >= 0.3 is 5.97 Å². The Kier molecular flexibility index (Phi) is 3.37. The molecule has 1 aromatic carbocycles. The maximum atomic E-state index is 10.5. The van der Waals surface area contributed by atoms with E-state index in [1.807, 2.05) is 31.4 Å². The summed E-state index contributed by atoms with van der Waals surface area (Å²) in [5, 5.41) is 8.67. The number of aliphatic carboxylic acids is 1. The first-order chi connectivity index (χ1) is 6.15. The molecule has 70 valence electrons. The molecule has 0 aromatic heterocycles. The number of aryl methyl sites for hydroxylation is 1. The first kappa shape index (κ1) is 10.1. The van der Waals surface area contributed by atoms with Gasteiger partial charge in [0.15, 0.2) is 0 Å². The van der Waals surface area contributed by atoms with Crippen LogP contribution < -0.4 is 0 Å². The van der Waals surface area contributed by atoms with E-state index in [2.05, 4.69) is 0 Å². The van der Waals surface area contributed by atoms with Gasteiger partial charge in [0.2, 0.25) is 0 Å². The lowest BCUT2D eigenvalue weighted by Gasteiger charge is -2.07. The van der Waals surface area contributed by atoms with E-state index >= 15 is 0 Å². The van der Waals surface area contributed by atoms with Crippen LogP contribution in [0.1, 0.15) is 11.1 Å². The molecule has 0 aliphatic rings. The van der Waals surface area contributed by atoms with Crippen molar-refractivity contribution in [1.82, 2.24) is 0 Å². The van der Waals surface area contributed by atoms with Gasteiger partial charge in [0.1, 0.15) is 0 Å². The van der Waals surface area contributed by atoms with Crippen molar-refractivity contribution >= 4 is 17.7 Å². The minimum Gasteiger partial charge on any atom is -0.481 e. The summed E-state index contributed by atoms with van der Waals surface area (Å²) in [7, 11) is 0. The summed E-state index contributed by atoms with van der Waals surface area (Å²) in [5.74, 6) is -0.777. The molecule has 2 nitrogen and oxygen atoms in total. The van der Waals surface area contributed by atoms with Crippen LogP contribution in [0.3, 0.4) is 0 Å². The van der Waals surface area contributed by atoms with E-state index in [1.165, 1.54) is 0 Å². The van der Waals surface area contributed by atoms with Crippen molar-refractivity contribution in [2.75, 3.05) is 6.26 Å². The average Bonchev–Trinajstić information content (AvgIpc) is 2.03. The fourth-order valence-electron chi connectivity index (χ4n) is 1.31. The molecule has 1 N–H and O–H groups in total. The Morgan fingerprint density at radius 3 is 2.77 bits per heavy atom. The van der Waals surface area contributed by atoms with Crippen molar-refractivity contribution in [3.8, 4) is 0 Å². The molecule has 0 spiro atoms. The number of rotatable bonds is 3. The van der Waals surface area contributed by atoms with Crippen molar-refractivity contribution in [3.63, 3.8) is 0 Å². The Morgan fingerprint density at radius 1 is 1.54 bits per heavy atom. The Morgan fingerprint density at radius 2 is 2.23 bits per heavy atom. The molecule has 0 bridgehead atoms. The fraction of sp³-hybridized carbons (Fsp3) is 0.300. The summed E-state index contributed by atoms with van der Waals surface area (Å²) in [4.78, 5) is 11.6. The molecule has 0 heterocycles. The molecule has 0 radical (unpaired) electrons. The van der Waals surface area contributed by atoms with Gasteiger partial charge in [0.05, 0.1) is 6.42 Å². The predicted molar refractivity (Wildman–Crippen MR) is 54.3 cm³/mol. The third kappa shape index (κ3) is 2.49. The predicted octanol–water partition coefficient (Wildman–Crippen LogP) is 2.34. The van der Waals surface area contributed by atoms with Gasteiger partial charge in [-0.3, -0.25) is 4.79 Å². The highest BCUT2D eigenvalue weighted by molar-refractivity contribution is 7.98. The maximum Gasteiger partial charge on any atom is 0.307 e. The molecule has 0 aliphatic heterocycles. The molecule has 1 aromatic rings. The van der Waals surface area contributed by atoms with E-state index in [0.29, 0.717) is 0 Å². The highest BCUT2D eigenvalue weighted by atomic mass is 32.2. The smallest absolute Gasteiger partial charge is 0.307 e. The van der Waals surface area contributed by atoms with Crippen LogP contribution in [0.5, 0.6) is 0 Å². The monoisotopic (exact) mass is 196 g/mol. The lowest BCUT2D eigenvalue weighted by atomic mass is 10.1. The fourth-order valence-corrected chi connectivity index (χ4v) is 2.10. The van der Waals surface area contributed by atoms with Crippen molar-refractivity contribution in [1.29, 1.82) is 0 Å². The number of carbonyl (C=O) groups is 1. The van der Waals surface area contributed by atoms with E-state index in [4.69, 9.17) is 5.11 Å². The van der Waals surface area contributed by atoms with Crippen molar-refractivity contribution < 1.29 is 9.90 Å². The Bertz CT molecular complexity index is 321. The number of carboxylic acids is 1. The van der Waals surface area contributed by atoms with E-state index < -0.39 is 5.97 Å². The summed E-state index contributed by atoms with van der Waals surface area (Å²) >= 11 is 1.60. The Labute approximate surface area is 82.0 Å². The molecular formula is C10H12O2S. The molecule has 0 fully saturated rings. The van der Waals surface area contributed by atoms with Crippen LogP contribution in [-0.2, 0) is 11.2 Å². The largest absolute Gasteiger partial charge is 0.481 e. The quantitative estimate of drug-likeness (QED) is 0.754. The SMILES string of the molecule is CSc1c(C)cccc1CC(=O)O. The molecule has 0 aliphatic carbocycles. The van der Waals surface area contributed by atoms with Crippen LogP contribution >= 0.6 is 11.8 Å². The summed E-state index contributed by atoms with van der Waals surface area (Å²) in [6, 6.07) is 5.76. The van der Waals surface area contributed by atoms with Crippen LogP contribution in [0.4, 0.5) is 0 Å². The molecule has 0 atom stereocenters. The van der Waals surface area contributed by atoms with E-state index in [0.717, 1.165) is 16.0 Å². The topological polar surface area (TPSA) is 37.3 Å². The van der Waals surface area contributed by atoms with Crippen molar-refractivity contribution in [2.45, 2.75) is 18.2 Å². The number of hydrogen-bond acceptors (Lipinski definition) is 2. The number of hydrogen-bond donors (Lipinski definition) is 1. The number of carboxylic acid groups (broad SMARTS) is 1. The first-order valence-corrected chi connectivity index (χ1v) is 5.22. The Hall–Kier alpha value is -0.960. The summed E-state index contributed by atoms with van der Waals surface area (Å²) in [6.07, 6.45) is 2.07. The zero-order chi connectivity index (χ0) is 9.84. The van der Waals surface area contributed by atoms with Gasteiger partial charge in [0, 0.05) is 4.90 Å². The summed E-state index contributed by atoms with van der Waals surface area (Å²) < 4.78 is 0. The highest BCUT2D eigenvalue weighted by Gasteiger charge is 2.07. The van der Waals surface area contributed by atoms with Gasteiger partial charge in [-0.1, -0.05) is 18.2 Å². The van der Waals surface area contributed by atoms with Crippen LogP contribution in [0.25, 0.3) is 0 Å². The molecule has 0 saturated heterocycles. The molecular weight excluding hydrogens is 184 g/mol. The van der Waals surface area contributed by atoms with Gasteiger partial charge < -0.3 is 5.11 Å². The van der Waals surface area contributed by atoms with Crippen LogP contribution in [-0.4, -0.2) is 17.3 Å². The van der Waals surface area contributed by atoms with Gasteiger partial charge in [-0.25, -0.2) is 0 Å². The normalized spacial score (nSPS) is 10.0. The van der Waals surface area contributed by atoms with E-state index in [1.54, 1.807) is 11.8 Å². The van der Waals surface area contributed by atoms with Gasteiger partial charge in [0.25, 0.3) is 0 Å². The Balaban J connectivity index is 3.05. The van der Waals surface area contributed by atoms with Crippen LogP contribution in [0.2, 0.25) is 0 Å².